The number of hydrogen-bond acceptors (Lipinski definition) is 5. The number of hydrogen-bond donors (Lipinski definition) is 1. The van der Waals surface area contributed by atoms with E-state index in [0.29, 0.717) is 12.6 Å². The Balaban J connectivity index is 1.55. The van der Waals surface area contributed by atoms with Crippen LogP contribution in [0.25, 0.3) is 11.1 Å². The van der Waals surface area contributed by atoms with Gasteiger partial charge in [-0.15, -0.1) is 0 Å². The van der Waals surface area contributed by atoms with E-state index in [1.807, 2.05) is 36.4 Å². The summed E-state index contributed by atoms with van der Waals surface area (Å²) in [6, 6.07) is 14.3. The molecule has 1 aliphatic rings. The van der Waals surface area contributed by atoms with Crippen molar-refractivity contribution >= 4 is 17.1 Å². The van der Waals surface area contributed by atoms with Gasteiger partial charge < -0.3 is 19.2 Å². The van der Waals surface area contributed by atoms with Gasteiger partial charge in [-0.05, 0) is 24.6 Å². The predicted octanol–water partition coefficient (Wildman–Crippen LogP) is 3.25. The number of aromatic nitrogens is 1. The van der Waals surface area contributed by atoms with Crippen LogP contribution in [-0.4, -0.2) is 24.7 Å². The van der Waals surface area contributed by atoms with Crippen LogP contribution in [0, 0.1) is 0 Å². The fourth-order valence-corrected chi connectivity index (χ4v) is 2.76. The topological polar surface area (TPSA) is 56.5 Å². The maximum absolute atomic E-state index is 5.85. The Hall–Kier alpha value is -2.69. The molecule has 22 heavy (non-hydrogen) atoms. The average molecular weight is 296 g/mol. The lowest BCUT2D eigenvalue weighted by molar-refractivity contribution is 0.254. The second-order valence-corrected chi connectivity index (χ2v) is 5.29. The Morgan fingerprint density at radius 2 is 2.09 bits per heavy atom. The SMILES string of the molecule is COc1cccc2c1OCC(Nc1nc3ccccc3o1)C2. The lowest BCUT2D eigenvalue weighted by atomic mass is 10.0. The molecule has 0 spiro atoms. The number of oxazole rings is 1. The van der Waals surface area contributed by atoms with Crippen molar-refractivity contribution in [3.63, 3.8) is 0 Å². The van der Waals surface area contributed by atoms with Gasteiger partial charge in [-0.25, -0.2) is 0 Å². The smallest absolute Gasteiger partial charge is 0.296 e. The van der Waals surface area contributed by atoms with E-state index < -0.39 is 0 Å². The zero-order valence-electron chi connectivity index (χ0n) is 12.2. The summed E-state index contributed by atoms with van der Waals surface area (Å²) in [5.41, 5.74) is 2.76. The number of para-hydroxylation sites is 3. The minimum atomic E-state index is 0.118. The van der Waals surface area contributed by atoms with Crippen LogP contribution in [0.2, 0.25) is 0 Å². The summed E-state index contributed by atoms with van der Waals surface area (Å²) in [5, 5.41) is 3.31. The Morgan fingerprint density at radius 1 is 1.18 bits per heavy atom. The number of rotatable bonds is 3. The molecule has 112 valence electrons. The summed E-state index contributed by atoms with van der Waals surface area (Å²) < 4.78 is 16.9. The van der Waals surface area contributed by atoms with Gasteiger partial charge in [-0.3, -0.25) is 0 Å². The number of methoxy groups -OCH3 is 1. The number of nitrogens with zero attached hydrogens (tertiary/aromatic N) is 1. The third-order valence-corrected chi connectivity index (χ3v) is 3.80. The van der Waals surface area contributed by atoms with Crippen LogP contribution in [0.1, 0.15) is 5.56 Å². The summed E-state index contributed by atoms with van der Waals surface area (Å²) in [6.45, 7) is 0.548. The molecule has 0 radical (unpaired) electrons. The molecular weight excluding hydrogens is 280 g/mol. The van der Waals surface area contributed by atoms with Crippen LogP contribution in [0.15, 0.2) is 46.9 Å². The van der Waals surface area contributed by atoms with E-state index in [1.165, 1.54) is 0 Å². The zero-order valence-corrected chi connectivity index (χ0v) is 12.2. The van der Waals surface area contributed by atoms with Gasteiger partial charge in [-0.2, -0.15) is 4.98 Å². The van der Waals surface area contributed by atoms with Crippen molar-refractivity contribution in [2.45, 2.75) is 12.5 Å². The highest BCUT2D eigenvalue weighted by Crippen LogP contribution is 2.35. The van der Waals surface area contributed by atoms with Crippen molar-refractivity contribution < 1.29 is 13.9 Å². The predicted molar refractivity (Wildman–Crippen MR) is 83.6 cm³/mol. The average Bonchev–Trinajstić information content (AvgIpc) is 2.96. The van der Waals surface area contributed by atoms with Gasteiger partial charge in [0.15, 0.2) is 17.1 Å². The molecule has 5 nitrogen and oxygen atoms in total. The molecule has 1 unspecified atom stereocenters. The quantitative estimate of drug-likeness (QED) is 0.804. The molecule has 2 heterocycles. The summed E-state index contributed by atoms with van der Waals surface area (Å²) >= 11 is 0. The van der Waals surface area contributed by atoms with Crippen molar-refractivity contribution in [2.75, 3.05) is 19.0 Å². The van der Waals surface area contributed by atoms with Gasteiger partial charge in [0, 0.05) is 5.56 Å². The monoisotopic (exact) mass is 296 g/mol. The van der Waals surface area contributed by atoms with Gasteiger partial charge in [0.2, 0.25) is 0 Å². The molecule has 2 aromatic carbocycles. The first-order valence-electron chi connectivity index (χ1n) is 7.24. The van der Waals surface area contributed by atoms with E-state index in [0.717, 1.165) is 34.6 Å². The fraction of sp³-hybridized carbons (Fsp3) is 0.235. The van der Waals surface area contributed by atoms with Crippen molar-refractivity contribution in [3.8, 4) is 11.5 Å². The lowest BCUT2D eigenvalue weighted by Gasteiger charge is -2.26. The largest absolute Gasteiger partial charge is 0.493 e. The molecule has 5 heteroatoms. The van der Waals surface area contributed by atoms with Gasteiger partial charge in [0.1, 0.15) is 12.1 Å². The summed E-state index contributed by atoms with van der Waals surface area (Å²) in [7, 11) is 1.65. The van der Waals surface area contributed by atoms with E-state index in [-0.39, 0.29) is 6.04 Å². The van der Waals surface area contributed by atoms with Crippen molar-refractivity contribution in [3.05, 3.63) is 48.0 Å². The molecule has 1 N–H and O–H groups in total. The second-order valence-electron chi connectivity index (χ2n) is 5.29. The molecule has 0 fully saturated rings. The van der Waals surface area contributed by atoms with Crippen LogP contribution in [0.5, 0.6) is 11.5 Å². The normalized spacial score (nSPS) is 16.9. The molecule has 1 atom stereocenters. The molecule has 0 saturated heterocycles. The van der Waals surface area contributed by atoms with Crippen molar-refractivity contribution in [1.82, 2.24) is 4.98 Å². The Labute approximate surface area is 127 Å². The molecule has 0 aliphatic carbocycles. The van der Waals surface area contributed by atoms with E-state index in [4.69, 9.17) is 13.9 Å². The van der Waals surface area contributed by atoms with Gasteiger partial charge in [0.25, 0.3) is 6.01 Å². The molecule has 1 aliphatic heterocycles. The van der Waals surface area contributed by atoms with Crippen molar-refractivity contribution in [1.29, 1.82) is 0 Å². The summed E-state index contributed by atoms with van der Waals surface area (Å²) in [5.74, 6) is 1.61. The van der Waals surface area contributed by atoms with Crippen LogP contribution in [0.3, 0.4) is 0 Å². The highest BCUT2D eigenvalue weighted by molar-refractivity contribution is 5.74. The standard InChI is InChI=1S/C17H16N2O3/c1-20-15-8-4-5-11-9-12(10-21-16(11)15)18-17-19-13-6-2-3-7-14(13)22-17/h2-8,12H,9-10H2,1H3,(H,18,19). The van der Waals surface area contributed by atoms with E-state index in [9.17, 15) is 0 Å². The maximum atomic E-state index is 5.85. The first-order chi connectivity index (χ1) is 10.8. The van der Waals surface area contributed by atoms with Crippen molar-refractivity contribution in [2.24, 2.45) is 0 Å². The number of fused-ring (bicyclic) bond motifs is 2. The number of benzene rings is 2. The summed E-state index contributed by atoms with van der Waals surface area (Å²) in [4.78, 5) is 4.44. The number of ether oxygens (including phenoxy) is 2. The molecule has 0 amide bonds. The van der Waals surface area contributed by atoms with E-state index >= 15 is 0 Å². The number of nitrogens with one attached hydrogen (secondary N) is 1. The van der Waals surface area contributed by atoms with Crippen LogP contribution in [-0.2, 0) is 6.42 Å². The minimum absolute atomic E-state index is 0.118. The van der Waals surface area contributed by atoms with Crippen LogP contribution >= 0.6 is 0 Å². The van der Waals surface area contributed by atoms with Gasteiger partial charge in [0.05, 0.1) is 13.2 Å². The summed E-state index contributed by atoms with van der Waals surface area (Å²) in [6.07, 6.45) is 0.839. The fourth-order valence-electron chi connectivity index (χ4n) is 2.76. The third kappa shape index (κ3) is 2.24. The Kier molecular flexibility index (Phi) is 3.11. The molecule has 3 aromatic rings. The lowest BCUT2D eigenvalue weighted by Crippen LogP contribution is -2.33. The third-order valence-electron chi connectivity index (χ3n) is 3.80. The minimum Gasteiger partial charge on any atom is -0.493 e. The molecule has 0 saturated carbocycles. The number of anilines is 1. The van der Waals surface area contributed by atoms with Crippen LogP contribution < -0.4 is 14.8 Å². The van der Waals surface area contributed by atoms with Gasteiger partial charge >= 0.3 is 0 Å². The molecule has 4 rings (SSSR count). The highest BCUT2D eigenvalue weighted by Gasteiger charge is 2.23. The Morgan fingerprint density at radius 3 is 2.95 bits per heavy atom. The van der Waals surface area contributed by atoms with Crippen LogP contribution in [0.4, 0.5) is 6.01 Å². The molecule has 0 bridgehead atoms. The molecular formula is C17H16N2O3. The first-order valence-corrected chi connectivity index (χ1v) is 7.24. The zero-order chi connectivity index (χ0) is 14.9. The first kappa shape index (κ1) is 13.0. The van der Waals surface area contributed by atoms with E-state index in [2.05, 4.69) is 16.4 Å². The maximum Gasteiger partial charge on any atom is 0.296 e. The van der Waals surface area contributed by atoms with E-state index in [1.54, 1.807) is 7.11 Å². The van der Waals surface area contributed by atoms with Gasteiger partial charge in [-0.1, -0.05) is 24.3 Å². The second kappa shape index (κ2) is 5.26. The molecule has 1 aromatic heterocycles. The Bertz CT molecular complexity index is 780. The highest BCUT2D eigenvalue weighted by atomic mass is 16.5.